The fourth-order valence-corrected chi connectivity index (χ4v) is 1.35. The van der Waals surface area contributed by atoms with Gasteiger partial charge in [-0.15, -0.1) is 12.3 Å². The molecule has 2 atom stereocenters. The maximum Gasteiger partial charge on any atom is 0.221 e. The fourth-order valence-electron chi connectivity index (χ4n) is 1.35. The van der Waals surface area contributed by atoms with E-state index in [0.717, 1.165) is 6.42 Å². The third-order valence-corrected chi connectivity index (χ3v) is 2.46. The van der Waals surface area contributed by atoms with Crippen molar-refractivity contribution in [3.63, 3.8) is 0 Å². The van der Waals surface area contributed by atoms with Crippen molar-refractivity contribution in [2.45, 2.75) is 38.6 Å². The van der Waals surface area contributed by atoms with E-state index in [1.165, 1.54) is 6.42 Å². The Kier molecular flexibility index (Phi) is 3.16. The van der Waals surface area contributed by atoms with Gasteiger partial charge in [-0.25, -0.2) is 0 Å². The van der Waals surface area contributed by atoms with Crippen LogP contribution in [0.3, 0.4) is 0 Å². The molecule has 2 nitrogen and oxygen atoms in total. The Morgan fingerprint density at radius 1 is 1.67 bits per heavy atom. The fraction of sp³-hybridized carbons (Fsp3) is 0.700. The van der Waals surface area contributed by atoms with Gasteiger partial charge in [-0.1, -0.05) is 6.92 Å². The van der Waals surface area contributed by atoms with E-state index >= 15 is 0 Å². The van der Waals surface area contributed by atoms with Gasteiger partial charge < -0.3 is 5.32 Å². The Hall–Kier alpha value is -0.970. The first-order chi connectivity index (χ1) is 5.74. The van der Waals surface area contributed by atoms with E-state index in [1.807, 2.05) is 0 Å². The molecule has 0 bridgehead atoms. The Morgan fingerprint density at radius 2 is 2.42 bits per heavy atom. The Bertz CT molecular complexity index is 204. The molecular formula is C10H15NO. The lowest BCUT2D eigenvalue weighted by molar-refractivity contribution is -0.122. The van der Waals surface area contributed by atoms with Crippen LogP contribution in [0.15, 0.2) is 0 Å². The minimum atomic E-state index is 0.101. The predicted molar refractivity (Wildman–Crippen MR) is 48.4 cm³/mol. The molecule has 0 aliphatic heterocycles. The highest BCUT2D eigenvalue weighted by Crippen LogP contribution is 2.26. The molecule has 0 aromatic heterocycles. The highest BCUT2D eigenvalue weighted by molar-refractivity contribution is 5.76. The largest absolute Gasteiger partial charge is 0.353 e. The van der Waals surface area contributed by atoms with Gasteiger partial charge >= 0.3 is 0 Å². The molecule has 1 amide bonds. The number of nitrogens with one attached hydrogen (secondary N) is 1. The number of hydrogen-bond acceptors (Lipinski definition) is 1. The first kappa shape index (κ1) is 9.12. The van der Waals surface area contributed by atoms with E-state index < -0.39 is 0 Å². The molecule has 0 aromatic carbocycles. The van der Waals surface area contributed by atoms with Crippen molar-refractivity contribution in [1.82, 2.24) is 5.32 Å². The zero-order valence-corrected chi connectivity index (χ0v) is 7.47. The van der Waals surface area contributed by atoms with E-state index in [1.54, 1.807) is 0 Å². The molecule has 12 heavy (non-hydrogen) atoms. The lowest BCUT2D eigenvalue weighted by atomic mass is 9.81. The summed E-state index contributed by atoms with van der Waals surface area (Å²) in [4.78, 5) is 11.1. The van der Waals surface area contributed by atoms with Crippen LogP contribution in [-0.2, 0) is 4.79 Å². The molecule has 1 aliphatic rings. The van der Waals surface area contributed by atoms with Gasteiger partial charge in [0.05, 0.1) is 0 Å². The van der Waals surface area contributed by atoms with Crippen molar-refractivity contribution < 1.29 is 4.79 Å². The van der Waals surface area contributed by atoms with Gasteiger partial charge in [0.1, 0.15) is 0 Å². The van der Waals surface area contributed by atoms with Crippen molar-refractivity contribution in [2.75, 3.05) is 0 Å². The van der Waals surface area contributed by atoms with Gasteiger partial charge in [-0.3, -0.25) is 4.79 Å². The zero-order valence-electron chi connectivity index (χ0n) is 7.47. The van der Waals surface area contributed by atoms with Crippen LogP contribution < -0.4 is 5.32 Å². The summed E-state index contributed by atoms with van der Waals surface area (Å²) >= 11 is 0. The molecule has 0 saturated heterocycles. The Morgan fingerprint density at radius 3 is 2.83 bits per heavy atom. The molecule has 0 radical (unpaired) electrons. The van der Waals surface area contributed by atoms with Gasteiger partial charge in [0.2, 0.25) is 5.91 Å². The van der Waals surface area contributed by atoms with Crippen LogP contribution in [-0.4, -0.2) is 11.9 Å². The zero-order chi connectivity index (χ0) is 8.97. The molecule has 1 N–H and O–H groups in total. The molecular weight excluding hydrogens is 150 g/mol. The lowest BCUT2D eigenvalue weighted by Gasteiger charge is -2.34. The number of terminal acetylenes is 1. The lowest BCUT2D eigenvalue weighted by Crippen LogP contribution is -2.45. The molecule has 1 aliphatic carbocycles. The van der Waals surface area contributed by atoms with Crippen LogP contribution in [0.1, 0.15) is 32.6 Å². The molecule has 0 heterocycles. The van der Waals surface area contributed by atoms with E-state index in [4.69, 9.17) is 6.42 Å². The summed E-state index contributed by atoms with van der Waals surface area (Å²) in [7, 11) is 0. The van der Waals surface area contributed by atoms with Gasteiger partial charge in [0.25, 0.3) is 0 Å². The van der Waals surface area contributed by atoms with Crippen molar-refractivity contribution in [1.29, 1.82) is 0 Å². The third kappa shape index (κ3) is 2.27. The summed E-state index contributed by atoms with van der Waals surface area (Å²) in [5, 5.41) is 2.97. The van der Waals surface area contributed by atoms with Gasteiger partial charge in [0, 0.05) is 18.9 Å². The topological polar surface area (TPSA) is 29.1 Å². The number of hydrogen-bond donors (Lipinski definition) is 1. The molecule has 2 unspecified atom stereocenters. The average Bonchev–Trinajstić information content (AvgIpc) is 2.08. The number of amides is 1. The monoisotopic (exact) mass is 165 g/mol. The van der Waals surface area contributed by atoms with Crippen LogP contribution >= 0.6 is 0 Å². The number of carbonyl (C=O) groups is 1. The van der Waals surface area contributed by atoms with Crippen molar-refractivity contribution in [3.05, 3.63) is 0 Å². The third-order valence-electron chi connectivity index (χ3n) is 2.46. The number of rotatable bonds is 3. The smallest absolute Gasteiger partial charge is 0.221 e. The molecule has 1 rings (SSSR count). The van der Waals surface area contributed by atoms with E-state index in [9.17, 15) is 4.79 Å². The van der Waals surface area contributed by atoms with Crippen molar-refractivity contribution >= 4 is 5.91 Å². The van der Waals surface area contributed by atoms with Crippen LogP contribution in [0.2, 0.25) is 0 Å². The Balaban J connectivity index is 2.14. The van der Waals surface area contributed by atoms with Crippen molar-refractivity contribution in [3.8, 4) is 12.3 Å². The SMILES string of the molecule is C#CCCC(=O)NC1CCC1C. The summed E-state index contributed by atoms with van der Waals surface area (Å²) in [5.74, 6) is 3.21. The van der Waals surface area contributed by atoms with Crippen LogP contribution in [0, 0.1) is 18.3 Å². The van der Waals surface area contributed by atoms with Crippen molar-refractivity contribution in [2.24, 2.45) is 5.92 Å². The minimum Gasteiger partial charge on any atom is -0.353 e. The van der Waals surface area contributed by atoms with E-state index in [0.29, 0.717) is 24.8 Å². The summed E-state index contributed by atoms with van der Waals surface area (Å²) in [6.07, 6.45) is 8.44. The van der Waals surface area contributed by atoms with E-state index in [-0.39, 0.29) is 5.91 Å². The average molecular weight is 165 g/mol. The second kappa shape index (κ2) is 4.15. The summed E-state index contributed by atoms with van der Waals surface area (Å²) in [6, 6.07) is 0.412. The van der Waals surface area contributed by atoms with Gasteiger partial charge in [0.15, 0.2) is 0 Å². The number of carbonyl (C=O) groups excluding carboxylic acids is 1. The van der Waals surface area contributed by atoms with Gasteiger partial charge in [-0.05, 0) is 18.8 Å². The standard InChI is InChI=1S/C10H15NO/c1-3-4-5-10(12)11-9-7-6-8(9)2/h1,8-9H,4-7H2,2H3,(H,11,12). The summed E-state index contributed by atoms with van der Waals surface area (Å²) in [6.45, 7) is 2.16. The second-order valence-electron chi connectivity index (χ2n) is 3.43. The quantitative estimate of drug-likeness (QED) is 0.628. The van der Waals surface area contributed by atoms with E-state index in [2.05, 4.69) is 18.2 Å². The minimum absolute atomic E-state index is 0.101. The summed E-state index contributed by atoms with van der Waals surface area (Å²) < 4.78 is 0. The summed E-state index contributed by atoms with van der Waals surface area (Å²) in [5.41, 5.74) is 0. The van der Waals surface area contributed by atoms with Crippen LogP contribution in [0.5, 0.6) is 0 Å². The highest BCUT2D eigenvalue weighted by Gasteiger charge is 2.27. The first-order valence-electron chi connectivity index (χ1n) is 4.47. The molecule has 1 fully saturated rings. The Labute approximate surface area is 73.7 Å². The molecule has 0 aromatic rings. The second-order valence-corrected chi connectivity index (χ2v) is 3.43. The highest BCUT2D eigenvalue weighted by atomic mass is 16.1. The first-order valence-corrected chi connectivity index (χ1v) is 4.47. The molecule has 66 valence electrons. The molecule has 1 saturated carbocycles. The van der Waals surface area contributed by atoms with Crippen LogP contribution in [0.4, 0.5) is 0 Å². The maximum absolute atomic E-state index is 11.1. The maximum atomic E-state index is 11.1. The predicted octanol–water partition coefficient (Wildman–Crippen LogP) is 1.31. The molecule has 2 heteroatoms. The molecule has 0 spiro atoms. The normalized spacial score (nSPS) is 27.0. The van der Waals surface area contributed by atoms with Gasteiger partial charge in [-0.2, -0.15) is 0 Å². The van der Waals surface area contributed by atoms with Crippen LogP contribution in [0.25, 0.3) is 0 Å².